The summed E-state index contributed by atoms with van der Waals surface area (Å²) in [6, 6.07) is 0. The van der Waals surface area contributed by atoms with Crippen LogP contribution in [0.15, 0.2) is 0 Å². The second-order valence-corrected chi connectivity index (χ2v) is 4.45. The van der Waals surface area contributed by atoms with E-state index in [2.05, 4.69) is 0 Å². The molecule has 0 aromatic rings. The number of aliphatic hydroxyl groups excluding tert-OH is 1. The molecule has 1 aliphatic heterocycles. The Kier molecular flexibility index (Phi) is 3.50. The summed E-state index contributed by atoms with van der Waals surface area (Å²) in [6.45, 7) is 4.95. The molecule has 0 aromatic heterocycles. The molecule has 2 N–H and O–H groups in total. The Labute approximate surface area is 83.9 Å². The van der Waals surface area contributed by atoms with Crippen molar-refractivity contribution in [3.05, 3.63) is 0 Å². The first kappa shape index (κ1) is 11.5. The summed E-state index contributed by atoms with van der Waals surface area (Å²) in [4.78, 5) is 10.7. The molecule has 1 atom stereocenters. The quantitative estimate of drug-likeness (QED) is 0.713. The van der Waals surface area contributed by atoms with E-state index in [1.54, 1.807) is 0 Å². The number of rotatable bonds is 3. The molecular weight excluding hydrogens is 184 g/mol. The van der Waals surface area contributed by atoms with E-state index in [4.69, 9.17) is 9.84 Å². The Hall–Kier alpha value is -0.610. The van der Waals surface area contributed by atoms with Crippen LogP contribution in [0.25, 0.3) is 0 Å². The highest BCUT2D eigenvalue weighted by Crippen LogP contribution is 2.37. The molecule has 1 fully saturated rings. The molecule has 0 amide bonds. The number of aliphatic carboxylic acids is 1. The zero-order valence-corrected chi connectivity index (χ0v) is 8.69. The number of hydrogen-bond donors (Lipinski definition) is 2. The maximum absolute atomic E-state index is 10.7. The van der Waals surface area contributed by atoms with Gasteiger partial charge in [-0.3, -0.25) is 0 Å². The van der Waals surface area contributed by atoms with Crippen LogP contribution in [0.4, 0.5) is 0 Å². The van der Waals surface area contributed by atoms with Crippen LogP contribution in [0, 0.1) is 11.3 Å². The molecule has 14 heavy (non-hydrogen) atoms. The maximum Gasteiger partial charge on any atom is 0.333 e. The minimum Gasteiger partial charge on any atom is -0.479 e. The van der Waals surface area contributed by atoms with Gasteiger partial charge in [0, 0.05) is 18.6 Å². The van der Waals surface area contributed by atoms with Gasteiger partial charge in [-0.15, -0.1) is 0 Å². The topological polar surface area (TPSA) is 66.8 Å². The molecule has 0 spiro atoms. The van der Waals surface area contributed by atoms with Crippen LogP contribution in [-0.2, 0) is 9.53 Å². The van der Waals surface area contributed by atoms with Crippen LogP contribution in [0.1, 0.15) is 26.7 Å². The van der Waals surface area contributed by atoms with E-state index >= 15 is 0 Å². The van der Waals surface area contributed by atoms with E-state index in [9.17, 15) is 9.90 Å². The summed E-state index contributed by atoms with van der Waals surface area (Å²) in [5.41, 5.74) is -0.574. The third-order valence-electron chi connectivity index (χ3n) is 3.21. The molecule has 0 saturated carbocycles. The molecule has 0 radical (unpaired) electrons. The fourth-order valence-electron chi connectivity index (χ4n) is 1.98. The summed E-state index contributed by atoms with van der Waals surface area (Å²) in [5, 5.41) is 18.3. The number of carboxylic acids is 1. The van der Waals surface area contributed by atoms with Gasteiger partial charge in [0.15, 0.2) is 6.10 Å². The molecule has 82 valence electrons. The normalized spacial score (nSPS) is 21.9. The van der Waals surface area contributed by atoms with Gasteiger partial charge in [0.05, 0.1) is 0 Å². The van der Waals surface area contributed by atoms with E-state index in [0.29, 0.717) is 13.2 Å². The molecular formula is C10H18O4. The third kappa shape index (κ3) is 2.25. The van der Waals surface area contributed by atoms with Crippen molar-refractivity contribution in [2.75, 3.05) is 13.2 Å². The lowest BCUT2D eigenvalue weighted by Gasteiger charge is -2.38. The number of aliphatic hydroxyl groups is 1. The standard InChI is InChI=1S/C10H18O4/c1-10(2,8(11)9(12)13)7-3-5-14-6-4-7/h7-8,11H,3-6H2,1-2H3,(H,12,13). The minimum absolute atomic E-state index is 0.224. The van der Waals surface area contributed by atoms with Crippen LogP contribution in [-0.4, -0.2) is 35.5 Å². The molecule has 1 aliphatic rings. The van der Waals surface area contributed by atoms with Crippen LogP contribution in [0.2, 0.25) is 0 Å². The van der Waals surface area contributed by atoms with Gasteiger partial charge >= 0.3 is 5.97 Å². The van der Waals surface area contributed by atoms with E-state index < -0.39 is 17.5 Å². The average molecular weight is 202 g/mol. The van der Waals surface area contributed by atoms with Crippen molar-refractivity contribution in [1.82, 2.24) is 0 Å². The van der Waals surface area contributed by atoms with Gasteiger partial charge in [-0.25, -0.2) is 4.79 Å². The zero-order chi connectivity index (χ0) is 10.8. The first-order chi connectivity index (χ1) is 6.46. The molecule has 0 aliphatic carbocycles. The van der Waals surface area contributed by atoms with Crippen LogP contribution < -0.4 is 0 Å². The van der Waals surface area contributed by atoms with E-state index in [1.807, 2.05) is 13.8 Å². The van der Waals surface area contributed by atoms with E-state index in [-0.39, 0.29) is 5.92 Å². The highest BCUT2D eigenvalue weighted by Gasteiger charge is 2.40. The SMILES string of the molecule is CC(C)(C1CCOCC1)C(O)C(=O)O. The Bertz CT molecular complexity index is 206. The first-order valence-electron chi connectivity index (χ1n) is 4.95. The van der Waals surface area contributed by atoms with Crippen molar-refractivity contribution >= 4 is 5.97 Å². The lowest BCUT2D eigenvalue weighted by Crippen LogP contribution is -2.43. The summed E-state index contributed by atoms with van der Waals surface area (Å²) in [5.74, 6) is -0.913. The third-order valence-corrected chi connectivity index (χ3v) is 3.21. The highest BCUT2D eigenvalue weighted by molar-refractivity contribution is 5.73. The minimum atomic E-state index is -1.29. The van der Waals surface area contributed by atoms with Crippen molar-refractivity contribution in [3.63, 3.8) is 0 Å². The maximum atomic E-state index is 10.7. The number of carbonyl (C=O) groups is 1. The summed E-state index contributed by atoms with van der Waals surface area (Å²) in [7, 11) is 0. The van der Waals surface area contributed by atoms with Gasteiger partial charge in [-0.2, -0.15) is 0 Å². The van der Waals surface area contributed by atoms with E-state index in [0.717, 1.165) is 12.8 Å². The first-order valence-corrected chi connectivity index (χ1v) is 4.95. The second-order valence-electron chi connectivity index (χ2n) is 4.45. The molecule has 4 nitrogen and oxygen atoms in total. The lowest BCUT2D eigenvalue weighted by atomic mass is 9.71. The van der Waals surface area contributed by atoms with Crippen LogP contribution >= 0.6 is 0 Å². The monoisotopic (exact) mass is 202 g/mol. The molecule has 0 bridgehead atoms. The van der Waals surface area contributed by atoms with Crippen molar-refractivity contribution in [3.8, 4) is 0 Å². The molecule has 0 aromatic carbocycles. The van der Waals surface area contributed by atoms with Gasteiger partial charge in [0.25, 0.3) is 0 Å². The fraction of sp³-hybridized carbons (Fsp3) is 0.900. The van der Waals surface area contributed by atoms with Gasteiger partial charge in [-0.05, 0) is 18.8 Å². The smallest absolute Gasteiger partial charge is 0.333 e. The number of carboxylic acid groups (broad SMARTS) is 1. The molecule has 4 heteroatoms. The summed E-state index contributed by atoms with van der Waals surface area (Å²) >= 11 is 0. The van der Waals surface area contributed by atoms with E-state index in [1.165, 1.54) is 0 Å². The Morgan fingerprint density at radius 1 is 1.43 bits per heavy atom. The Morgan fingerprint density at radius 3 is 2.36 bits per heavy atom. The van der Waals surface area contributed by atoms with Crippen molar-refractivity contribution < 1.29 is 19.7 Å². The predicted octanol–water partition coefficient (Wildman–Crippen LogP) is 0.885. The molecule has 1 rings (SSSR count). The summed E-state index contributed by atoms with van der Waals surface area (Å²) < 4.78 is 5.21. The fourth-order valence-corrected chi connectivity index (χ4v) is 1.98. The van der Waals surface area contributed by atoms with Gasteiger partial charge in [0.1, 0.15) is 0 Å². The highest BCUT2D eigenvalue weighted by atomic mass is 16.5. The number of hydrogen-bond acceptors (Lipinski definition) is 3. The zero-order valence-electron chi connectivity index (χ0n) is 8.69. The van der Waals surface area contributed by atoms with Crippen LogP contribution in [0.5, 0.6) is 0 Å². The van der Waals surface area contributed by atoms with Gasteiger partial charge in [0.2, 0.25) is 0 Å². The second kappa shape index (κ2) is 4.28. The largest absolute Gasteiger partial charge is 0.479 e. The van der Waals surface area contributed by atoms with Crippen molar-refractivity contribution in [2.45, 2.75) is 32.8 Å². The molecule has 1 heterocycles. The summed E-state index contributed by atoms with van der Waals surface area (Å²) in [6.07, 6.45) is 0.375. The predicted molar refractivity (Wildman–Crippen MR) is 51.0 cm³/mol. The van der Waals surface area contributed by atoms with Crippen molar-refractivity contribution in [1.29, 1.82) is 0 Å². The lowest BCUT2D eigenvalue weighted by molar-refractivity contribution is -0.157. The molecule has 1 unspecified atom stereocenters. The number of ether oxygens (including phenoxy) is 1. The Balaban J connectivity index is 2.66. The Morgan fingerprint density at radius 2 is 1.93 bits per heavy atom. The van der Waals surface area contributed by atoms with Gasteiger partial charge in [-0.1, -0.05) is 13.8 Å². The van der Waals surface area contributed by atoms with Crippen LogP contribution in [0.3, 0.4) is 0 Å². The molecule has 1 saturated heterocycles. The van der Waals surface area contributed by atoms with Crippen molar-refractivity contribution in [2.24, 2.45) is 11.3 Å². The van der Waals surface area contributed by atoms with Gasteiger partial charge < -0.3 is 14.9 Å². The average Bonchev–Trinajstić information content (AvgIpc) is 2.18.